The third-order valence-electron chi connectivity index (χ3n) is 9.90. The molecule has 0 N–H and O–H groups in total. The van der Waals surface area contributed by atoms with Crippen LogP contribution in [0.2, 0.25) is 0 Å². The third kappa shape index (κ3) is 6.54. The van der Waals surface area contributed by atoms with Crippen LogP contribution in [0.5, 0.6) is 0 Å². The summed E-state index contributed by atoms with van der Waals surface area (Å²) in [6, 6.07) is 53.3. The Morgan fingerprint density at radius 1 is 0.439 bits per heavy atom. The van der Waals surface area contributed by atoms with Gasteiger partial charge in [0, 0.05) is 33.2 Å². The molecule has 0 fully saturated rings. The Kier molecular flexibility index (Phi) is 8.61. The van der Waals surface area contributed by atoms with Crippen molar-refractivity contribution in [3.8, 4) is 74.2 Å². The lowest BCUT2D eigenvalue weighted by Crippen LogP contribution is -2.05. The number of alkyl halides is 3. The van der Waals surface area contributed by atoms with Gasteiger partial charge in [-0.2, -0.15) is 23.7 Å². The van der Waals surface area contributed by atoms with E-state index in [-0.39, 0.29) is 0 Å². The first-order valence-electron chi connectivity index (χ1n) is 18.0. The molecule has 0 spiro atoms. The molecule has 0 amide bonds. The number of fused-ring (bicyclic) bond motifs is 3. The van der Waals surface area contributed by atoms with E-state index in [1.807, 2.05) is 121 Å². The molecule has 0 aliphatic rings. The van der Waals surface area contributed by atoms with Crippen LogP contribution < -0.4 is 0 Å². The van der Waals surface area contributed by atoms with Gasteiger partial charge in [0.1, 0.15) is 0 Å². The van der Waals surface area contributed by atoms with Gasteiger partial charge in [-0.1, -0.05) is 103 Å². The SMILES string of the molecule is N#Cc1cc(C#N)cc(-c2ccc3c(c2)c2ccccc2n3-c2ccc(-c3cccc(C(F)(F)F)c3)c(-c3nc(-c4ccccc4)nc(-c4ccccc4)n3)c2)c1. The maximum atomic E-state index is 14.1. The number of hydrogen-bond acceptors (Lipinski definition) is 5. The van der Waals surface area contributed by atoms with E-state index < -0.39 is 11.7 Å². The molecule has 2 aromatic heterocycles. The molecule has 0 saturated carbocycles. The van der Waals surface area contributed by atoms with Gasteiger partial charge in [0.25, 0.3) is 0 Å². The minimum atomic E-state index is -4.54. The van der Waals surface area contributed by atoms with Crippen LogP contribution in [0.25, 0.3) is 83.9 Å². The van der Waals surface area contributed by atoms with Crippen molar-refractivity contribution in [3.63, 3.8) is 0 Å². The molecule has 0 saturated heterocycles. The average Bonchev–Trinajstić information content (AvgIpc) is 3.60. The van der Waals surface area contributed by atoms with E-state index >= 15 is 0 Å². The van der Waals surface area contributed by atoms with Gasteiger partial charge < -0.3 is 4.57 Å². The Morgan fingerprint density at radius 2 is 1.04 bits per heavy atom. The summed E-state index contributed by atoms with van der Waals surface area (Å²) in [5, 5.41) is 21.2. The maximum Gasteiger partial charge on any atom is 0.416 e. The number of benzene rings is 7. The zero-order chi connectivity index (χ0) is 39.1. The van der Waals surface area contributed by atoms with Crippen molar-refractivity contribution in [2.45, 2.75) is 6.18 Å². The highest BCUT2D eigenvalue weighted by atomic mass is 19.4. The fourth-order valence-corrected chi connectivity index (χ4v) is 7.25. The Hall–Kier alpha value is -7.88. The number of para-hydroxylation sites is 1. The van der Waals surface area contributed by atoms with Crippen LogP contribution in [0.4, 0.5) is 13.2 Å². The van der Waals surface area contributed by atoms with Crippen molar-refractivity contribution in [3.05, 3.63) is 180 Å². The fourth-order valence-electron chi connectivity index (χ4n) is 7.25. The summed E-state index contributed by atoms with van der Waals surface area (Å²) in [5.74, 6) is 1.14. The van der Waals surface area contributed by atoms with E-state index in [1.54, 1.807) is 24.3 Å². The molecule has 2 heterocycles. The highest BCUT2D eigenvalue weighted by molar-refractivity contribution is 6.10. The van der Waals surface area contributed by atoms with Crippen molar-refractivity contribution in [1.82, 2.24) is 19.5 Å². The second kappa shape index (κ2) is 14.1. The van der Waals surface area contributed by atoms with Gasteiger partial charge in [-0.25, -0.2) is 15.0 Å². The number of nitrogens with zero attached hydrogens (tertiary/aromatic N) is 6. The first kappa shape index (κ1) is 34.9. The molecule has 9 aromatic rings. The van der Waals surface area contributed by atoms with E-state index in [1.165, 1.54) is 6.07 Å². The average molecular weight is 745 g/mol. The lowest BCUT2D eigenvalue weighted by molar-refractivity contribution is -0.137. The van der Waals surface area contributed by atoms with Gasteiger partial charge in [-0.15, -0.1) is 0 Å². The third-order valence-corrected chi connectivity index (χ3v) is 9.90. The first-order valence-corrected chi connectivity index (χ1v) is 18.0. The predicted octanol–water partition coefficient (Wildman–Crippen LogP) is 12.1. The number of rotatable bonds is 6. The number of nitriles is 2. The smallest absolute Gasteiger partial charge is 0.309 e. The molecule has 9 heteroatoms. The van der Waals surface area contributed by atoms with Crippen LogP contribution >= 0.6 is 0 Å². The van der Waals surface area contributed by atoms with E-state index in [2.05, 4.69) is 16.7 Å². The van der Waals surface area contributed by atoms with E-state index in [0.717, 1.165) is 61.9 Å². The van der Waals surface area contributed by atoms with Gasteiger partial charge in [-0.3, -0.25) is 0 Å². The summed E-state index contributed by atoms with van der Waals surface area (Å²) in [4.78, 5) is 14.8. The summed E-state index contributed by atoms with van der Waals surface area (Å²) in [5.41, 5.74) is 7.03. The molecule has 9 rings (SSSR count). The molecule has 7 aromatic carbocycles. The molecule has 0 aliphatic heterocycles. The van der Waals surface area contributed by atoms with Gasteiger partial charge in [-0.05, 0) is 82.9 Å². The van der Waals surface area contributed by atoms with Crippen molar-refractivity contribution >= 4 is 21.8 Å². The second-order valence-corrected chi connectivity index (χ2v) is 13.5. The first-order chi connectivity index (χ1) is 27.8. The zero-order valence-corrected chi connectivity index (χ0v) is 29.9. The van der Waals surface area contributed by atoms with Crippen LogP contribution in [0.1, 0.15) is 16.7 Å². The number of hydrogen-bond donors (Lipinski definition) is 0. The van der Waals surface area contributed by atoms with E-state index in [9.17, 15) is 23.7 Å². The van der Waals surface area contributed by atoms with Crippen molar-refractivity contribution in [1.29, 1.82) is 10.5 Å². The van der Waals surface area contributed by atoms with Gasteiger partial charge >= 0.3 is 6.18 Å². The largest absolute Gasteiger partial charge is 0.416 e. The normalized spacial score (nSPS) is 11.4. The molecule has 270 valence electrons. The van der Waals surface area contributed by atoms with Crippen molar-refractivity contribution in [2.75, 3.05) is 0 Å². The van der Waals surface area contributed by atoms with Crippen LogP contribution in [-0.4, -0.2) is 19.5 Å². The number of aromatic nitrogens is 4. The fraction of sp³-hybridized carbons (Fsp3) is 0.0208. The highest BCUT2D eigenvalue weighted by Crippen LogP contribution is 2.40. The molecular formula is C48H27F3N6. The standard InChI is InChI=1S/C48H27F3N6/c49-48(50,51)37-15-9-14-35(25-37)39-20-19-38(27-42(39)47-55-45(32-10-3-1-4-11-32)54-46(56-47)33-12-5-2-6-13-33)57-43-17-8-7-16-40(43)41-26-34(18-21-44(41)57)36-23-30(28-52)22-31(24-36)29-53/h1-27H. The minimum absolute atomic E-state index is 0.297. The molecule has 57 heavy (non-hydrogen) atoms. The molecule has 0 bridgehead atoms. The van der Waals surface area contributed by atoms with Crippen LogP contribution in [-0.2, 0) is 6.18 Å². The lowest BCUT2D eigenvalue weighted by atomic mass is 9.96. The number of halogens is 3. The Bertz CT molecular complexity index is 2990. The van der Waals surface area contributed by atoms with E-state index in [4.69, 9.17) is 15.0 Å². The summed E-state index contributed by atoms with van der Waals surface area (Å²) in [6.45, 7) is 0. The Labute approximate surface area is 325 Å². The van der Waals surface area contributed by atoms with Gasteiger partial charge in [0.15, 0.2) is 17.5 Å². The van der Waals surface area contributed by atoms with Crippen LogP contribution in [0.3, 0.4) is 0 Å². The van der Waals surface area contributed by atoms with E-state index in [0.29, 0.717) is 45.3 Å². The Balaban J connectivity index is 1.30. The lowest BCUT2D eigenvalue weighted by Gasteiger charge is -2.16. The summed E-state index contributed by atoms with van der Waals surface area (Å²) in [6.07, 6.45) is -4.54. The van der Waals surface area contributed by atoms with Crippen molar-refractivity contribution < 1.29 is 13.2 Å². The second-order valence-electron chi connectivity index (χ2n) is 13.5. The summed E-state index contributed by atoms with van der Waals surface area (Å²) >= 11 is 0. The zero-order valence-electron chi connectivity index (χ0n) is 29.9. The van der Waals surface area contributed by atoms with Crippen LogP contribution in [0.15, 0.2) is 164 Å². The van der Waals surface area contributed by atoms with Crippen LogP contribution in [0, 0.1) is 22.7 Å². The maximum absolute atomic E-state index is 14.1. The minimum Gasteiger partial charge on any atom is -0.309 e. The summed E-state index contributed by atoms with van der Waals surface area (Å²) < 4.78 is 44.4. The summed E-state index contributed by atoms with van der Waals surface area (Å²) in [7, 11) is 0. The molecule has 0 aliphatic carbocycles. The quantitative estimate of drug-likeness (QED) is 0.169. The monoisotopic (exact) mass is 744 g/mol. The van der Waals surface area contributed by atoms with Crippen molar-refractivity contribution in [2.24, 2.45) is 0 Å². The topological polar surface area (TPSA) is 91.2 Å². The molecular weight excluding hydrogens is 718 g/mol. The molecule has 6 nitrogen and oxygen atoms in total. The molecule has 0 unspecified atom stereocenters. The predicted molar refractivity (Wildman–Crippen MR) is 216 cm³/mol. The molecule has 0 radical (unpaired) electrons. The molecule has 0 atom stereocenters. The highest BCUT2D eigenvalue weighted by Gasteiger charge is 2.31. The van der Waals surface area contributed by atoms with Gasteiger partial charge in [0.2, 0.25) is 0 Å². The Morgan fingerprint density at radius 3 is 1.68 bits per heavy atom. The van der Waals surface area contributed by atoms with Gasteiger partial charge in [0.05, 0.1) is 39.9 Å².